The third kappa shape index (κ3) is 12.8. The maximum Gasteiger partial charge on any atom is 0.325 e. The zero-order valence-electron chi connectivity index (χ0n) is 30.9. The number of aliphatic imine (C=N–C) groups is 1. The van der Waals surface area contributed by atoms with Crippen molar-refractivity contribution in [2.45, 2.75) is 55.5 Å². The Hall–Kier alpha value is -4.81. The number of hydrogen-bond acceptors (Lipinski definition) is 12. The topological polar surface area (TPSA) is 229 Å². The van der Waals surface area contributed by atoms with Gasteiger partial charge in [0.05, 0.1) is 17.3 Å². The lowest BCUT2D eigenvalue weighted by atomic mass is 9.96. The number of aliphatic carboxylic acids is 1. The Balaban J connectivity index is 0.00000435. The van der Waals surface area contributed by atoms with E-state index in [1.807, 2.05) is 41.8 Å². The number of anilines is 1. The molecule has 2 atom stereocenters. The molecule has 0 spiro atoms. The lowest BCUT2D eigenvalue weighted by molar-refractivity contribution is -0.141. The molecule has 1 aliphatic heterocycles. The number of carbonyl (C=O) groups is 2. The van der Waals surface area contributed by atoms with Crippen LogP contribution in [0.15, 0.2) is 63.9 Å². The third-order valence-corrected chi connectivity index (χ3v) is 10.9. The molecule has 0 aliphatic carbocycles. The summed E-state index contributed by atoms with van der Waals surface area (Å²) in [6.07, 6.45) is 2.84. The van der Waals surface area contributed by atoms with E-state index in [-0.39, 0.29) is 43.9 Å². The van der Waals surface area contributed by atoms with Gasteiger partial charge in [-0.15, -0.1) is 36.2 Å². The van der Waals surface area contributed by atoms with Gasteiger partial charge in [0, 0.05) is 53.5 Å². The zero-order chi connectivity index (χ0) is 39.3. The molecular weight excluding hydrogens is 831 g/mol. The van der Waals surface area contributed by atoms with Gasteiger partial charge in [0.15, 0.2) is 5.96 Å². The summed E-state index contributed by atoms with van der Waals surface area (Å²) in [5.41, 5.74) is 14.5. The van der Waals surface area contributed by atoms with Crippen LogP contribution in [0.1, 0.15) is 49.4 Å². The van der Waals surface area contributed by atoms with Crippen molar-refractivity contribution >= 4 is 83.2 Å². The zero-order valence-corrected chi connectivity index (χ0v) is 35.0. The van der Waals surface area contributed by atoms with Crippen LogP contribution >= 0.6 is 59.5 Å². The van der Waals surface area contributed by atoms with Gasteiger partial charge in [-0.2, -0.15) is 10.5 Å². The molecule has 19 heteroatoms. The number of carboxylic acid groups (broad SMARTS) is 1. The molecule has 1 saturated heterocycles. The molecule has 0 radical (unpaired) electrons. The Kier molecular flexibility index (Phi) is 18.6. The monoisotopic (exact) mass is 872 g/mol. The van der Waals surface area contributed by atoms with Crippen molar-refractivity contribution < 1.29 is 19.4 Å². The Bertz CT molecular complexity index is 2080. The summed E-state index contributed by atoms with van der Waals surface area (Å²) >= 11 is 9.01. The van der Waals surface area contributed by atoms with Crippen molar-refractivity contribution in [1.82, 2.24) is 20.6 Å². The van der Waals surface area contributed by atoms with E-state index >= 15 is 0 Å². The number of nitrogens with one attached hydrogen (secondary N) is 2. The minimum atomic E-state index is -1.14. The Labute approximate surface area is 356 Å². The van der Waals surface area contributed by atoms with E-state index in [9.17, 15) is 25.2 Å². The van der Waals surface area contributed by atoms with Gasteiger partial charge >= 0.3 is 5.97 Å². The molecule has 57 heavy (non-hydrogen) atoms. The van der Waals surface area contributed by atoms with Crippen molar-refractivity contribution in [3.05, 3.63) is 75.8 Å². The highest BCUT2D eigenvalue weighted by Gasteiger charge is 2.27. The van der Waals surface area contributed by atoms with E-state index in [1.54, 1.807) is 12.1 Å². The van der Waals surface area contributed by atoms with Gasteiger partial charge in [-0.05, 0) is 62.4 Å². The average Bonchev–Trinajstić information content (AvgIpc) is 3.89. The molecule has 5 rings (SSSR count). The Morgan fingerprint density at radius 2 is 1.72 bits per heavy atom. The predicted octanol–water partition coefficient (Wildman–Crippen LogP) is 5.98. The summed E-state index contributed by atoms with van der Waals surface area (Å²) < 4.78 is 5.96. The quantitative estimate of drug-likeness (QED) is 0.0336. The van der Waals surface area contributed by atoms with Crippen LogP contribution in [0.2, 0.25) is 5.02 Å². The van der Waals surface area contributed by atoms with Gasteiger partial charge in [0.2, 0.25) is 5.91 Å². The van der Waals surface area contributed by atoms with Crippen LogP contribution in [0.5, 0.6) is 5.75 Å². The molecule has 1 aliphatic rings. The summed E-state index contributed by atoms with van der Waals surface area (Å²) in [5.74, 6) is -0.0568. The number of pyridine rings is 1. The molecule has 14 nitrogen and oxygen atoms in total. The second-order valence-corrected chi connectivity index (χ2v) is 14.9. The van der Waals surface area contributed by atoms with Crippen LogP contribution < -0.4 is 31.7 Å². The van der Waals surface area contributed by atoms with Crippen LogP contribution in [0.3, 0.4) is 0 Å². The first-order chi connectivity index (χ1) is 26.6. The minimum Gasteiger partial charge on any atom is -0.492 e. The summed E-state index contributed by atoms with van der Waals surface area (Å²) in [7, 11) is 0. The van der Waals surface area contributed by atoms with Crippen molar-refractivity contribution in [2.24, 2.45) is 16.5 Å². The van der Waals surface area contributed by atoms with Gasteiger partial charge in [-0.3, -0.25) is 14.6 Å². The van der Waals surface area contributed by atoms with E-state index < -0.39 is 24.0 Å². The molecule has 2 aromatic carbocycles. The number of carbonyl (C=O) groups excluding carboxylic acids is 1. The van der Waals surface area contributed by atoms with Crippen molar-refractivity contribution in [1.29, 1.82) is 10.5 Å². The molecule has 0 bridgehead atoms. The molecule has 3 heterocycles. The molecule has 1 amide bonds. The lowest BCUT2D eigenvalue weighted by Crippen LogP contribution is -2.50. The van der Waals surface area contributed by atoms with Crippen LogP contribution in [-0.2, 0) is 15.3 Å². The van der Waals surface area contributed by atoms with Crippen LogP contribution in [0, 0.1) is 22.7 Å². The number of amides is 1. The SMILES string of the molecule is C[C@H](NC(=O)[C@H](CCCN=C(N)N)NCCOc1ccc(-c2c(C#N)c(SCc3csc(-c4ccc(Cl)cc4)n3)nc(N3CCCC3)c2C#N)cc1)C(=O)O.Cl.Cl. The number of ether oxygens (including phenoxy) is 1. The number of benzene rings is 2. The third-order valence-electron chi connectivity index (χ3n) is 8.67. The second kappa shape index (κ2) is 22.8. The van der Waals surface area contributed by atoms with Gasteiger partial charge in [0.25, 0.3) is 0 Å². The van der Waals surface area contributed by atoms with E-state index in [0.717, 1.165) is 42.2 Å². The predicted molar refractivity (Wildman–Crippen MR) is 230 cm³/mol. The highest BCUT2D eigenvalue weighted by molar-refractivity contribution is 7.98. The first-order valence-electron chi connectivity index (χ1n) is 17.6. The molecule has 0 saturated carbocycles. The van der Waals surface area contributed by atoms with E-state index in [1.165, 1.54) is 30.0 Å². The summed E-state index contributed by atoms with van der Waals surface area (Å²) in [6, 6.07) is 17.6. The van der Waals surface area contributed by atoms with Crippen molar-refractivity contribution in [2.75, 3.05) is 37.7 Å². The molecule has 4 aromatic rings. The average molecular weight is 874 g/mol. The van der Waals surface area contributed by atoms with Crippen LogP contribution in [0.4, 0.5) is 5.82 Å². The van der Waals surface area contributed by atoms with E-state index in [2.05, 4.69) is 32.7 Å². The number of hydrogen-bond donors (Lipinski definition) is 5. The van der Waals surface area contributed by atoms with Crippen LogP contribution in [0.25, 0.3) is 21.7 Å². The van der Waals surface area contributed by atoms with Crippen molar-refractivity contribution in [3.8, 4) is 39.6 Å². The fraction of sp³-hybridized carbons (Fsp3) is 0.342. The highest BCUT2D eigenvalue weighted by Crippen LogP contribution is 2.40. The molecule has 0 unspecified atom stereocenters. The van der Waals surface area contributed by atoms with Gasteiger partial charge in [-0.25, -0.2) is 9.97 Å². The number of nitriles is 2. The number of carboxylic acids is 1. The number of guanidine groups is 1. The summed E-state index contributed by atoms with van der Waals surface area (Å²) in [6.45, 7) is 3.73. The Morgan fingerprint density at radius 3 is 2.35 bits per heavy atom. The molecule has 1 fully saturated rings. The van der Waals surface area contributed by atoms with Gasteiger partial charge < -0.3 is 36.8 Å². The van der Waals surface area contributed by atoms with Crippen molar-refractivity contribution in [3.63, 3.8) is 0 Å². The number of aromatic nitrogens is 2. The maximum absolute atomic E-state index is 12.8. The summed E-state index contributed by atoms with van der Waals surface area (Å²) in [5, 5.41) is 39.8. The number of nitrogens with zero attached hydrogens (tertiary/aromatic N) is 6. The smallest absolute Gasteiger partial charge is 0.325 e. The van der Waals surface area contributed by atoms with Gasteiger partial charge in [0.1, 0.15) is 52.0 Å². The Morgan fingerprint density at radius 1 is 1.05 bits per heavy atom. The number of thioether (sulfide) groups is 1. The van der Waals surface area contributed by atoms with E-state index in [4.69, 9.17) is 37.8 Å². The largest absolute Gasteiger partial charge is 0.492 e. The van der Waals surface area contributed by atoms with Crippen LogP contribution in [-0.4, -0.2) is 77.8 Å². The first kappa shape index (κ1) is 46.6. The minimum absolute atomic E-state index is 0. The normalized spacial score (nSPS) is 12.9. The van der Waals surface area contributed by atoms with E-state index in [0.29, 0.717) is 69.0 Å². The molecule has 302 valence electrons. The fourth-order valence-corrected chi connectivity index (χ4v) is 7.81. The number of thiazole rings is 1. The molecule has 7 N–H and O–H groups in total. The number of nitrogens with two attached hydrogens (primary N) is 2. The second-order valence-electron chi connectivity index (χ2n) is 12.6. The van der Waals surface area contributed by atoms with Gasteiger partial charge in [-0.1, -0.05) is 47.6 Å². The maximum atomic E-state index is 12.8. The molecule has 2 aromatic heterocycles. The fourth-order valence-electron chi connectivity index (χ4n) is 5.88. The number of halogens is 3. The summed E-state index contributed by atoms with van der Waals surface area (Å²) in [4.78, 5) is 39.9. The number of rotatable bonds is 18. The highest BCUT2D eigenvalue weighted by atomic mass is 35.5. The standard InChI is InChI=1S/C38H41ClN10O4S2.2ClH/c1-23(37(51)52)46-34(50)31(5-4-14-45-38(42)43)44-15-18-53-28-12-8-24(9-13-28)32-29(19-40)33(49-16-2-3-17-49)48-36(30(32)20-41)55-22-27-21-54-35(47-27)25-6-10-26(39)11-7-25;;/h6-13,21,23,31,44H,2-5,14-18,22H2,1H3,(H,46,50)(H,51,52)(H4,42,43,45);2*1H/t23-,31-;;/m0../s1. The first-order valence-corrected chi connectivity index (χ1v) is 19.8. The lowest BCUT2D eigenvalue weighted by Gasteiger charge is -2.22. The molecular formula is C38H43Cl3N10O4S2.